The van der Waals surface area contributed by atoms with Gasteiger partial charge in [-0.05, 0) is 47.3 Å². The highest BCUT2D eigenvalue weighted by atomic mass is 79.9. The molecule has 1 atom stereocenters. The Morgan fingerprint density at radius 2 is 2.21 bits per heavy atom. The van der Waals surface area contributed by atoms with E-state index in [1.165, 1.54) is 0 Å². The number of amides is 1. The number of carbonyl (C=O) groups excluding carboxylic acids is 1. The van der Waals surface area contributed by atoms with Gasteiger partial charge in [0.15, 0.2) is 5.69 Å². The van der Waals surface area contributed by atoms with Crippen molar-refractivity contribution >= 4 is 42.4 Å². The molecule has 6 nitrogen and oxygen atoms in total. The van der Waals surface area contributed by atoms with Crippen molar-refractivity contribution in [3.8, 4) is 28.4 Å². The average molecular weight is 494 g/mol. The van der Waals surface area contributed by atoms with E-state index in [0.29, 0.717) is 17.2 Å². The van der Waals surface area contributed by atoms with Crippen LogP contribution in [-0.4, -0.2) is 40.0 Å². The highest BCUT2D eigenvalue weighted by molar-refractivity contribution is 9.10. The highest BCUT2D eigenvalue weighted by Crippen LogP contribution is 2.45. The molecular weight excluding hydrogens is 473 g/mol. The number of thiophene rings is 1. The molecule has 3 aromatic rings. The molecule has 29 heavy (non-hydrogen) atoms. The minimum Gasteiger partial charge on any atom is -0.495 e. The van der Waals surface area contributed by atoms with Crippen LogP contribution in [0.15, 0.2) is 33.4 Å². The number of benzene rings is 1. The van der Waals surface area contributed by atoms with Gasteiger partial charge in [0.1, 0.15) is 18.1 Å². The topological polar surface area (TPSA) is 56.6 Å². The van der Waals surface area contributed by atoms with E-state index in [-0.39, 0.29) is 12.5 Å². The van der Waals surface area contributed by atoms with Crippen molar-refractivity contribution in [1.29, 1.82) is 0 Å². The Labute approximate surface area is 184 Å². The van der Waals surface area contributed by atoms with Crippen LogP contribution >= 0.6 is 36.5 Å². The van der Waals surface area contributed by atoms with Crippen molar-refractivity contribution in [1.82, 2.24) is 14.7 Å². The van der Waals surface area contributed by atoms with E-state index < -0.39 is 5.28 Å². The van der Waals surface area contributed by atoms with Crippen molar-refractivity contribution in [3.63, 3.8) is 0 Å². The number of rotatable bonds is 4. The summed E-state index contributed by atoms with van der Waals surface area (Å²) in [6, 6.07) is 5.80. The van der Waals surface area contributed by atoms with Crippen LogP contribution in [0.25, 0.3) is 16.9 Å². The number of aromatic nitrogens is 2. The first kappa shape index (κ1) is 20.4. The summed E-state index contributed by atoms with van der Waals surface area (Å²) in [7, 11) is 6.09. The van der Waals surface area contributed by atoms with Gasteiger partial charge in [0.25, 0.3) is 5.91 Å². The Morgan fingerprint density at radius 1 is 1.45 bits per heavy atom. The van der Waals surface area contributed by atoms with Gasteiger partial charge in [-0.25, -0.2) is 4.68 Å². The molecule has 1 aliphatic rings. The van der Waals surface area contributed by atoms with Crippen LogP contribution in [0.5, 0.6) is 11.5 Å². The lowest BCUT2D eigenvalue weighted by Gasteiger charge is -2.31. The zero-order chi connectivity index (χ0) is 20.9. The quantitative estimate of drug-likeness (QED) is 0.482. The largest absolute Gasteiger partial charge is 0.495 e. The van der Waals surface area contributed by atoms with Gasteiger partial charge in [-0.2, -0.15) is 16.4 Å². The van der Waals surface area contributed by atoms with Gasteiger partial charge in [-0.1, -0.05) is 0 Å². The summed E-state index contributed by atoms with van der Waals surface area (Å²) in [5.41, 5.74) is 3.84. The van der Waals surface area contributed by atoms with E-state index in [1.54, 1.807) is 30.4 Å². The normalized spacial score (nSPS) is 12.8. The van der Waals surface area contributed by atoms with E-state index >= 15 is 0 Å². The first-order chi connectivity index (χ1) is 13.7. The summed E-state index contributed by atoms with van der Waals surface area (Å²) in [6.45, 7) is 4.20. The molecule has 1 unspecified atom stereocenters. The SMILES string of the molecule is COc1cc2c(cc1Br)-c1c(c(C(=O)N(C)C(C)(C)P)nn1-c1ccsc1)CO2. The van der Waals surface area contributed by atoms with Gasteiger partial charge >= 0.3 is 0 Å². The Bertz CT molecular complexity index is 1090. The molecule has 0 saturated heterocycles. The number of methoxy groups -OCH3 is 1. The molecule has 1 aliphatic heterocycles. The fraction of sp³-hybridized carbons (Fsp3) is 0.300. The molecule has 2 aromatic heterocycles. The molecule has 0 saturated carbocycles. The summed E-state index contributed by atoms with van der Waals surface area (Å²) >= 11 is 5.14. The minimum atomic E-state index is -0.403. The van der Waals surface area contributed by atoms with Crippen LogP contribution in [0.2, 0.25) is 0 Å². The van der Waals surface area contributed by atoms with Crippen LogP contribution in [0.4, 0.5) is 0 Å². The van der Waals surface area contributed by atoms with Crippen molar-refractivity contribution in [2.24, 2.45) is 0 Å². The van der Waals surface area contributed by atoms with Crippen molar-refractivity contribution < 1.29 is 14.3 Å². The van der Waals surface area contributed by atoms with Gasteiger partial charge in [0.05, 0.1) is 28.2 Å². The van der Waals surface area contributed by atoms with Crippen LogP contribution in [0.3, 0.4) is 0 Å². The zero-order valence-corrected chi connectivity index (χ0v) is 20.1. The second-order valence-electron chi connectivity index (χ2n) is 7.36. The Morgan fingerprint density at radius 3 is 2.83 bits per heavy atom. The molecule has 1 amide bonds. The molecule has 9 heteroatoms. The molecular formula is C20H21BrN3O3PS. The van der Waals surface area contributed by atoms with Gasteiger partial charge < -0.3 is 14.4 Å². The lowest BCUT2D eigenvalue weighted by atomic mass is 10.0. The highest BCUT2D eigenvalue weighted by Gasteiger charge is 2.34. The van der Waals surface area contributed by atoms with E-state index in [2.05, 4.69) is 25.2 Å². The van der Waals surface area contributed by atoms with Crippen molar-refractivity contribution in [2.45, 2.75) is 25.7 Å². The monoisotopic (exact) mass is 493 g/mol. The molecule has 0 fully saturated rings. The molecule has 0 bridgehead atoms. The molecule has 3 heterocycles. The molecule has 152 valence electrons. The first-order valence-electron chi connectivity index (χ1n) is 8.94. The maximum absolute atomic E-state index is 13.3. The lowest BCUT2D eigenvalue weighted by molar-refractivity contribution is 0.0720. The summed E-state index contributed by atoms with van der Waals surface area (Å²) in [5.74, 6) is 1.25. The fourth-order valence-corrected chi connectivity index (χ4v) is 4.40. The fourth-order valence-electron chi connectivity index (χ4n) is 3.17. The second-order valence-corrected chi connectivity index (χ2v) is 10.4. The third-order valence-electron chi connectivity index (χ3n) is 4.99. The molecule has 0 spiro atoms. The van der Waals surface area contributed by atoms with Crippen molar-refractivity contribution in [3.05, 3.63) is 44.7 Å². The van der Waals surface area contributed by atoms with Crippen molar-refractivity contribution in [2.75, 3.05) is 14.2 Å². The third-order valence-corrected chi connectivity index (χ3v) is 6.66. The van der Waals surface area contributed by atoms with Crippen LogP contribution in [0, 0.1) is 0 Å². The minimum absolute atomic E-state index is 0.144. The molecule has 0 aliphatic carbocycles. The lowest BCUT2D eigenvalue weighted by Crippen LogP contribution is -2.40. The molecule has 0 radical (unpaired) electrons. The Balaban J connectivity index is 1.95. The van der Waals surface area contributed by atoms with Gasteiger partial charge in [-0.3, -0.25) is 4.79 Å². The van der Waals surface area contributed by atoms with Crippen LogP contribution < -0.4 is 9.47 Å². The van der Waals surface area contributed by atoms with Gasteiger partial charge in [-0.15, -0.1) is 9.24 Å². The average Bonchev–Trinajstić information content (AvgIpc) is 3.33. The number of halogens is 1. The summed E-state index contributed by atoms with van der Waals surface area (Å²) in [4.78, 5) is 15.0. The van der Waals surface area contributed by atoms with Gasteiger partial charge in [0.2, 0.25) is 0 Å². The predicted molar refractivity (Wildman–Crippen MR) is 121 cm³/mol. The molecule has 0 N–H and O–H groups in total. The van der Waals surface area contributed by atoms with E-state index in [4.69, 9.17) is 14.6 Å². The third kappa shape index (κ3) is 3.47. The maximum atomic E-state index is 13.3. The number of hydrogen-bond donors (Lipinski definition) is 0. The van der Waals surface area contributed by atoms with Crippen LogP contribution in [0.1, 0.15) is 29.9 Å². The smallest absolute Gasteiger partial charge is 0.275 e. The number of hydrogen-bond acceptors (Lipinski definition) is 5. The summed E-state index contributed by atoms with van der Waals surface area (Å²) in [6.07, 6.45) is 0. The maximum Gasteiger partial charge on any atom is 0.275 e. The Hall–Kier alpha value is -1.89. The predicted octanol–water partition coefficient (Wildman–Crippen LogP) is 4.95. The standard InChI is InChI=1S/C20H21BrN3O3PS/c1-20(2,28)23(3)19(25)17-13-9-27-15-8-16(26-4)14(21)7-12(15)18(13)24(22-17)11-5-6-29-10-11/h5-8,10H,9,28H2,1-4H3. The number of carbonyl (C=O) groups is 1. The van der Waals surface area contributed by atoms with E-state index in [0.717, 1.165) is 27.0 Å². The molecule has 4 rings (SSSR count). The first-order valence-corrected chi connectivity index (χ1v) is 11.3. The number of nitrogens with zero attached hydrogens (tertiary/aromatic N) is 3. The molecule has 1 aromatic carbocycles. The summed E-state index contributed by atoms with van der Waals surface area (Å²) in [5, 5.41) is 8.34. The van der Waals surface area contributed by atoms with Gasteiger partial charge in [0, 0.05) is 29.6 Å². The Kier molecular flexibility index (Phi) is 5.21. The number of ether oxygens (including phenoxy) is 2. The number of fused-ring (bicyclic) bond motifs is 3. The van der Waals surface area contributed by atoms with E-state index in [9.17, 15) is 4.79 Å². The van der Waals surface area contributed by atoms with E-state index in [1.807, 2.05) is 47.5 Å². The summed E-state index contributed by atoms with van der Waals surface area (Å²) < 4.78 is 14.1. The zero-order valence-electron chi connectivity index (χ0n) is 16.5. The second kappa shape index (κ2) is 7.42. The van der Waals surface area contributed by atoms with Crippen LogP contribution in [-0.2, 0) is 6.61 Å².